The van der Waals surface area contributed by atoms with Crippen LogP contribution in [0.4, 0.5) is 0 Å². The van der Waals surface area contributed by atoms with Crippen molar-refractivity contribution in [3.8, 4) is 0 Å². The highest BCUT2D eigenvalue weighted by molar-refractivity contribution is 5.90. The van der Waals surface area contributed by atoms with Crippen LogP contribution in [-0.2, 0) is 119 Å². The van der Waals surface area contributed by atoms with Gasteiger partial charge in [-0.2, -0.15) is 0 Å². The molecule has 0 fully saturated rings. The van der Waals surface area contributed by atoms with Gasteiger partial charge in [0.25, 0.3) is 0 Å². The lowest BCUT2D eigenvalue weighted by Gasteiger charge is -2.38. The molecule has 0 aromatic carbocycles. The molecule has 25 heteroatoms. The van der Waals surface area contributed by atoms with Gasteiger partial charge in [0.2, 0.25) is 0 Å². The van der Waals surface area contributed by atoms with E-state index in [1.165, 1.54) is 0 Å². The molecule has 0 aromatic heterocycles. The van der Waals surface area contributed by atoms with Gasteiger partial charge in [-0.05, 0) is 52.7 Å². The van der Waals surface area contributed by atoms with Crippen LogP contribution in [0.2, 0.25) is 0 Å². The molecule has 0 aliphatic rings. The van der Waals surface area contributed by atoms with Gasteiger partial charge in [-0.25, -0.2) is 38.4 Å². The Hall–Kier alpha value is -7.78. The Labute approximate surface area is 508 Å². The summed E-state index contributed by atoms with van der Waals surface area (Å²) in [4.78, 5) is 123. The van der Waals surface area contributed by atoms with Crippen molar-refractivity contribution >= 4 is 59.3 Å². The van der Waals surface area contributed by atoms with E-state index in [1.807, 2.05) is 0 Å². The van der Waals surface area contributed by atoms with Crippen LogP contribution in [0.5, 0.6) is 0 Å². The van der Waals surface area contributed by atoms with Crippen LogP contribution in [-0.4, -0.2) is 203 Å². The molecule has 0 saturated heterocycles. The van der Waals surface area contributed by atoms with E-state index < -0.39 is 178 Å². The lowest BCUT2D eigenvalue weighted by molar-refractivity contribution is -0.174. The van der Waals surface area contributed by atoms with Gasteiger partial charge in [-0.15, -0.1) is 0 Å². The number of carbonyl (C=O) groups excluding carboxylic acids is 10. The Kier molecular flexibility index (Phi) is 38.4. The average molecular weight is 1230 g/mol. The number of ketones is 2. The van der Waals surface area contributed by atoms with Crippen LogP contribution in [0.25, 0.3) is 0 Å². The third-order valence-electron chi connectivity index (χ3n) is 12.1. The van der Waals surface area contributed by atoms with Crippen molar-refractivity contribution in [2.24, 2.45) is 21.7 Å². The first-order valence-electron chi connectivity index (χ1n) is 26.9. The Bertz CT molecular complexity index is 2300. The van der Waals surface area contributed by atoms with Crippen LogP contribution in [0.3, 0.4) is 0 Å². The monoisotopic (exact) mass is 1230 g/mol. The molecule has 0 atom stereocenters. The number of hydrogen-bond donors (Lipinski definition) is 0. The molecule has 0 bridgehead atoms. The normalized spacial score (nSPS) is 11.6. The summed E-state index contributed by atoms with van der Waals surface area (Å²) < 4.78 is 86.0. The van der Waals surface area contributed by atoms with Crippen LogP contribution in [0.15, 0.2) is 127 Å². The van der Waals surface area contributed by atoms with Gasteiger partial charge in [0.1, 0.15) is 66.1 Å². The first-order valence-corrected chi connectivity index (χ1v) is 26.9. The van der Waals surface area contributed by atoms with Crippen molar-refractivity contribution in [3.63, 3.8) is 0 Å². The molecule has 0 aromatic rings. The van der Waals surface area contributed by atoms with Gasteiger partial charge >= 0.3 is 47.8 Å². The van der Waals surface area contributed by atoms with Crippen molar-refractivity contribution in [1.29, 1.82) is 0 Å². The first-order chi connectivity index (χ1) is 41.1. The lowest BCUT2D eigenvalue weighted by atomic mass is 9.90. The van der Waals surface area contributed by atoms with E-state index >= 15 is 0 Å². The van der Waals surface area contributed by atoms with E-state index in [4.69, 9.17) is 71.1 Å². The van der Waals surface area contributed by atoms with E-state index in [1.54, 1.807) is 27.7 Å². The number of hydrogen-bond acceptors (Lipinski definition) is 25. The van der Waals surface area contributed by atoms with Crippen molar-refractivity contribution in [3.05, 3.63) is 127 Å². The number of esters is 8. The van der Waals surface area contributed by atoms with Crippen molar-refractivity contribution in [1.82, 2.24) is 0 Å². The minimum atomic E-state index is -1.48. The van der Waals surface area contributed by atoms with Crippen molar-refractivity contribution < 1.29 is 119 Å². The number of rotatable bonds is 54. The van der Waals surface area contributed by atoms with E-state index in [0.29, 0.717) is 0 Å². The zero-order valence-corrected chi connectivity index (χ0v) is 50.6. The fourth-order valence-electron chi connectivity index (χ4n) is 6.76. The van der Waals surface area contributed by atoms with E-state index in [0.717, 1.165) is 60.8 Å². The van der Waals surface area contributed by atoms with Gasteiger partial charge in [0.05, 0.1) is 92.3 Å². The predicted molar refractivity (Wildman–Crippen MR) is 313 cm³/mol. The van der Waals surface area contributed by atoms with Gasteiger partial charge in [-0.1, -0.05) is 65.8 Å². The molecule has 0 amide bonds. The van der Waals surface area contributed by atoms with E-state index in [2.05, 4.69) is 65.8 Å². The summed E-state index contributed by atoms with van der Waals surface area (Å²) in [5, 5.41) is 0. The molecular weight excluding hydrogens is 1140 g/mol. The molecule has 0 aliphatic heterocycles. The summed E-state index contributed by atoms with van der Waals surface area (Å²) in [6.07, 6.45) is 9.85. The molecule has 0 unspecified atom stereocenters. The van der Waals surface area contributed by atoms with Crippen molar-refractivity contribution in [2.75, 3.05) is 132 Å². The predicted octanol–water partition coefficient (Wildman–Crippen LogP) is 4.73. The summed E-state index contributed by atoms with van der Waals surface area (Å²) >= 11 is 0. The second-order valence-corrected chi connectivity index (χ2v) is 21.0. The maximum Gasteiger partial charge on any atom is 0.330 e. The molecule has 0 rings (SSSR count). The molecular formula is C62H86O25. The largest absolute Gasteiger partial charge is 0.462 e. The Balaban J connectivity index is 6.77. The van der Waals surface area contributed by atoms with Crippen LogP contribution in [0.1, 0.15) is 40.5 Å². The molecule has 0 heterocycles. The molecule has 0 radical (unpaired) electrons. The molecule has 0 N–H and O–H groups in total. The quantitative estimate of drug-likeness (QED) is 0.0344. The second-order valence-electron chi connectivity index (χ2n) is 21.0. The molecule has 0 saturated carbocycles. The SMILES string of the molecule is C=CC(=O)COCC(COCC(COCCC(C)(C)OCCC(C)(C)OCC(COCC(COCC(=O)C=C)(COC(=O)C=C)COC(=O)C=C)(COC(=O)C=C)COC(=O)C=C)(COC(=O)C=C)COC(=O)C=C)(COC(=O)C=C)COC(=O)C=C. The molecule has 0 spiro atoms. The van der Waals surface area contributed by atoms with Crippen LogP contribution in [0, 0.1) is 21.7 Å². The minimum Gasteiger partial charge on any atom is -0.462 e. The van der Waals surface area contributed by atoms with Gasteiger partial charge in [0.15, 0.2) is 11.6 Å². The van der Waals surface area contributed by atoms with Crippen molar-refractivity contribution in [2.45, 2.75) is 51.7 Å². The highest BCUT2D eigenvalue weighted by Crippen LogP contribution is 2.30. The fraction of sp³-hybridized carbons (Fsp3) is 0.516. The topological polar surface area (TPSA) is 309 Å². The lowest BCUT2D eigenvalue weighted by Crippen LogP contribution is -2.48. The summed E-state index contributed by atoms with van der Waals surface area (Å²) in [5.74, 6) is -7.67. The first kappa shape index (κ1) is 79.2. The third-order valence-corrected chi connectivity index (χ3v) is 12.1. The number of ether oxygens (including phenoxy) is 15. The van der Waals surface area contributed by atoms with Crippen LogP contribution < -0.4 is 0 Å². The summed E-state index contributed by atoms with van der Waals surface area (Å²) in [5.41, 5.74) is -7.80. The average Bonchev–Trinajstić information content (AvgIpc) is 3.69. The summed E-state index contributed by atoms with van der Waals surface area (Å²) in [7, 11) is 0. The van der Waals surface area contributed by atoms with Gasteiger partial charge < -0.3 is 71.1 Å². The molecule has 25 nitrogen and oxygen atoms in total. The smallest absolute Gasteiger partial charge is 0.330 e. The standard InChI is InChI=1S/C62H86O25/c1-15-47(63)29-74-32-60(40-80-51(67)19-5,41-81-52(68)20-6)35-76-34-59(38-78-49(65)17-3,39-79-50(66)18-4)31-73-27-25-57(11,12)86-28-26-58(13,14)87-46-62(44-84-55(71)23-9,45-85-56(72)24-10)37-77-36-61(42-82-53(69)21-7,43-83-54(70)22-8)33-75-30-48(64)16-2/h15-24H,1-10,25-46H2,11-14H3. The maximum absolute atomic E-state index is 12.5. The zero-order chi connectivity index (χ0) is 66.0. The van der Waals surface area contributed by atoms with Gasteiger partial charge in [-0.3, -0.25) is 9.59 Å². The summed E-state index contributed by atoms with van der Waals surface area (Å²) in [6, 6.07) is 0. The third kappa shape index (κ3) is 34.8. The van der Waals surface area contributed by atoms with Gasteiger partial charge in [0, 0.05) is 55.2 Å². The second kappa shape index (κ2) is 42.1. The minimum absolute atomic E-state index is 0.00663. The highest BCUT2D eigenvalue weighted by atomic mass is 16.6. The Morgan fingerprint density at radius 1 is 0.264 bits per heavy atom. The zero-order valence-electron chi connectivity index (χ0n) is 50.6. The molecule has 484 valence electrons. The number of carbonyl (C=O) groups is 10. The fourth-order valence-corrected chi connectivity index (χ4v) is 6.76. The van der Waals surface area contributed by atoms with E-state index in [-0.39, 0.29) is 59.1 Å². The molecule has 0 aliphatic carbocycles. The highest BCUT2D eigenvalue weighted by Gasteiger charge is 2.42. The Morgan fingerprint density at radius 3 is 0.736 bits per heavy atom. The maximum atomic E-state index is 12.5. The summed E-state index contributed by atoms with van der Waals surface area (Å²) in [6.45, 7) is 33.9. The molecule has 87 heavy (non-hydrogen) atoms. The van der Waals surface area contributed by atoms with E-state index in [9.17, 15) is 47.9 Å². The van der Waals surface area contributed by atoms with Crippen LogP contribution >= 0.6 is 0 Å². The Morgan fingerprint density at radius 2 is 0.483 bits per heavy atom.